The molecule has 2 aromatic rings. The van der Waals surface area contributed by atoms with E-state index < -0.39 is 6.16 Å². The fourth-order valence-corrected chi connectivity index (χ4v) is 4.33. The first-order valence-corrected chi connectivity index (χ1v) is 9.75. The Hall–Kier alpha value is -2.41. The Morgan fingerprint density at radius 3 is 2.50 bits per heavy atom. The molecule has 0 saturated heterocycles. The monoisotopic (exact) mass is 372 g/mol. The van der Waals surface area contributed by atoms with Crippen LogP contribution in [-0.4, -0.2) is 33.1 Å². The van der Waals surface area contributed by atoms with Gasteiger partial charge in [0, 0.05) is 11.6 Å². The van der Waals surface area contributed by atoms with E-state index in [0.717, 1.165) is 37.1 Å². The Morgan fingerprint density at radius 2 is 1.92 bits per heavy atom. The first kappa shape index (κ1) is 17.0. The van der Waals surface area contributed by atoms with Gasteiger partial charge in [0.2, 0.25) is 5.88 Å². The van der Waals surface area contributed by atoms with Gasteiger partial charge in [0.25, 0.3) is 5.91 Å². The van der Waals surface area contributed by atoms with Crippen LogP contribution >= 0.6 is 11.3 Å². The quantitative estimate of drug-likeness (QED) is 0.763. The second-order valence-electron chi connectivity index (χ2n) is 6.84. The predicted molar refractivity (Wildman–Crippen MR) is 96.5 cm³/mol. The van der Waals surface area contributed by atoms with Crippen LogP contribution in [0.15, 0.2) is 35.7 Å². The van der Waals surface area contributed by atoms with Crippen molar-refractivity contribution in [1.29, 1.82) is 0 Å². The third kappa shape index (κ3) is 3.44. The van der Waals surface area contributed by atoms with E-state index in [2.05, 4.69) is 9.72 Å². The Balaban J connectivity index is 1.66. The van der Waals surface area contributed by atoms with Gasteiger partial charge in [0.1, 0.15) is 5.01 Å². The Kier molecular flexibility index (Phi) is 4.63. The summed E-state index contributed by atoms with van der Waals surface area (Å²) in [6.45, 7) is 0. The zero-order valence-corrected chi connectivity index (χ0v) is 15.0. The highest BCUT2D eigenvalue weighted by Gasteiger charge is 2.44. The molecule has 2 aliphatic carbocycles. The van der Waals surface area contributed by atoms with Crippen LogP contribution in [0.2, 0.25) is 0 Å². The predicted octanol–water partition coefficient (Wildman–Crippen LogP) is 4.35. The van der Waals surface area contributed by atoms with Gasteiger partial charge < -0.3 is 14.7 Å². The van der Waals surface area contributed by atoms with Crippen molar-refractivity contribution in [3.8, 4) is 5.88 Å². The van der Waals surface area contributed by atoms with Gasteiger partial charge in [-0.2, -0.15) is 0 Å². The SMILES string of the molecule is O=C(O)Oc1csc(C(C2CC2)N(C(=O)c2ccccc2)C2CCC2)n1. The Labute approximate surface area is 155 Å². The zero-order chi connectivity index (χ0) is 18.1. The lowest BCUT2D eigenvalue weighted by molar-refractivity contribution is 0.0393. The number of carboxylic acid groups (broad SMARTS) is 1. The first-order valence-electron chi connectivity index (χ1n) is 8.87. The second kappa shape index (κ2) is 7.07. The lowest BCUT2D eigenvalue weighted by Gasteiger charge is -2.42. The van der Waals surface area contributed by atoms with Crippen LogP contribution in [0.5, 0.6) is 5.88 Å². The average molecular weight is 372 g/mol. The third-order valence-corrected chi connectivity index (χ3v) is 5.93. The first-order chi connectivity index (χ1) is 12.6. The number of hydrogen-bond donors (Lipinski definition) is 1. The summed E-state index contributed by atoms with van der Waals surface area (Å²) in [7, 11) is 0. The van der Waals surface area contributed by atoms with Crippen molar-refractivity contribution >= 4 is 23.4 Å². The van der Waals surface area contributed by atoms with Crippen LogP contribution in [0.1, 0.15) is 53.5 Å². The number of thiazole rings is 1. The lowest BCUT2D eigenvalue weighted by Crippen LogP contribution is -2.47. The van der Waals surface area contributed by atoms with E-state index in [4.69, 9.17) is 5.11 Å². The molecule has 1 aromatic heterocycles. The van der Waals surface area contributed by atoms with E-state index in [1.807, 2.05) is 35.2 Å². The molecule has 7 heteroatoms. The summed E-state index contributed by atoms with van der Waals surface area (Å²) in [6, 6.07) is 9.46. The van der Waals surface area contributed by atoms with Crippen molar-refractivity contribution in [2.24, 2.45) is 5.92 Å². The molecule has 0 radical (unpaired) electrons. The maximum atomic E-state index is 13.3. The minimum Gasteiger partial charge on any atom is -0.449 e. The van der Waals surface area contributed by atoms with Crippen molar-refractivity contribution in [3.63, 3.8) is 0 Å². The largest absolute Gasteiger partial charge is 0.512 e. The lowest BCUT2D eigenvalue weighted by atomic mass is 9.89. The number of carbonyl (C=O) groups is 2. The van der Waals surface area contributed by atoms with Crippen LogP contribution in [0.4, 0.5) is 4.79 Å². The molecule has 1 N–H and O–H groups in total. The van der Waals surface area contributed by atoms with Crippen molar-refractivity contribution < 1.29 is 19.4 Å². The smallest absolute Gasteiger partial charge is 0.449 e. The molecule has 0 bridgehead atoms. The molecule has 1 aromatic carbocycles. The fourth-order valence-electron chi connectivity index (χ4n) is 3.42. The molecule has 136 valence electrons. The number of amides is 1. The maximum absolute atomic E-state index is 13.3. The molecule has 0 aliphatic heterocycles. The van der Waals surface area contributed by atoms with Crippen LogP contribution in [0.25, 0.3) is 0 Å². The average Bonchev–Trinajstić information content (AvgIpc) is 3.32. The highest BCUT2D eigenvalue weighted by Crippen LogP contribution is 2.48. The minimum atomic E-state index is -1.37. The molecular weight excluding hydrogens is 352 g/mol. The van der Waals surface area contributed by atoms with Gasteiger partial charge in [-0.15, -0.1) is 11.3 Å². The summed E-state index contributed by atoms with van der Waals surface area (Å²) in [5, 5.41) is 11.2. The number of benzene rings is 1. The van der Waals surface area contributed by atoms with Gasteiger partial charge in [-0.25, -0.2) is 9.78 Å². The van der Waals surface area contributed by atoms with E-state index in [1.54, 1.807) is 5.38 Å². The van der Waals surface area contributed by atoms with Crippen molar-refractivity contribution in [3.05, 3.63) is 46.3 Å². The summed E-state index contributed by atoms with van der Waals surface area (Å²) in [4.78, 5) is 30.4. The van der Waals surface area contributed by atoms with Crippen LogP contribution < -0.4 is 4.74 Å². The number of nitrogens with zero attached hydrogens (tertiary/aromatic N) is 2. The molecule has 4 rings (SSSR count). The third-order valence-electron chi connectivity index (χ3n) is 5.04. The second-order valence-corrected chi connectivity index (χ2v) is 7.73. The van der Waals surface area contributed by atoms with Gasteiger partial charge >= 0.3 is 6.16 Å². The van der Waals surface area contributed by atoms with E-state index in [0.29, 0.717) is 11.5 Å². The van der Waals surface area contributed by atoms with E-state index in [-0.39, 0.29) is 23.9 Å². The van der Waals surface area contributed by atoms with Crippen molar-refractivity contribution in [2.45, 2.75) is 44.2 Å². The van der Waals surface area contributed by atoms with E-state index >= 15 is 0 Å². The van der Waals surface area contributed by atoms with Gasteiger partial charge in [0.05, 0.1) is 11.4 Å². The number of hydrogen-bond acceptors (Lipinski definition) is 5. The summed E-state index contributed by atoms with van der Waals surface area (Å²) in [5.41, 5.74) is 0.684. The summed E-state index contributed by atoms with van der Waals surface area (Å²) >= 11 is 1.37. The molecule has 26 heavy (non-hydrogen) atoms. The highest BCUT2D eigenvalue weighted by molar-refractivity contribution is 7.09. The summed E-state index contributed by atoms with van der Waals surface area (Å²) in [6.07, 6.45) is 3.89. The fraction of sp³-hybridized carbons (Fsp3) is 0.421. The van der Waals surface area contributed by atoms with Crippen molar-refractivity contribution in [2.75, 3.05) is 0 Å². The summed E-state index contributed by atoms with van der Waals surface area (Å²) < 4.78 is 4.68. The van der Waals surface area contributed by atoms with Gasteiger partial charge in [0.15, 0.2) is 0 Å². The van der Waals surface area contributed by atoms with Crippen LogP contribution in [-0.2, 0) is 0 Å². The molecule has 0 spiro atoms. The normalized spacial score (nSPS) is 18.0. The molecule has 2 saturated carbocycles. The molecule has 6 nitrogen and oxygen atoms in total. The number of ether oxygens (including phenoxy) is 1. The standard InChI is InChI=1S/C19H20N2O4S/c22-18(13-5-2-1-3-6-13)21(14-7-4-8-14)16(12-9-10-12)17-20-15(11-26-17)25-19(23)24/h1-3,5-6,11-12,14,16H,4,7-10H2,(H,23,24). The molecule has 1 heterocycles. The Bertz CT molecular complexity index is 799. The number of aromatic nitrogens is 1. The molecule has 1 unspecified atom stereocenters. The van der Waals surface area contributed by atoms with Gasteiger partial charge in [-0.3, -0.25) is 4.79 Å². The van der Waals surface area contributed by atoms with Crippen LogP contribution in [0.3, 0.4) is 0 Å². The van der Waals surface area contributed by atoms with Crippen LogP contribution in [0, 0.1) is 5.92 Å². The topological polar surface area (TPSA) is 79.7 Å². The molecule has 2 aliphatic rings. The number of carbonyl (C=O) groups excluding carboxylic acids is 1. The summed E-state index contributed by atoms with van der Waals surface area (Å²) in [5.74, 6) is 0.499. The Morgan fingerprint density at radius 1 is 1.19 bits per heavy atom. The molecular formula is C19H20N2O4S. The van der Waals surface area contributed by atoms with E-state index in [1.165, 1.54) is 11.3 Å². The van der Waals surface area contributed by atoms with E-state index in [9.17, 15) is 9.59 Å². The van der Waals surface area contributed by atoms with Gasteiger partial charge in [-0.1, -0.05) is 18.2 Å². The molecule has 1 amide bonds. The minimum absolute atomic E-state index is 0.0307. The van der Waals surface area contributed by atoms with Gasteiger partial charge in [-0.05, 0) is 50.2 Å². The maximum Gasteiger partial charge on any atom is 0.512 e. The molecule has 1 atom stereocenters. The van der Waals surface area contributed by atoms with Crippen molar-refractivity contribution in [1.82, 2.24) is 9.88 Å². The highest BCUT2D eigenvalue weighted by atomic mass is 32.1. The zero-order valence-electron chi connectivity index (χ0n) is 14.2. The molecule has 2 fully saturated rings. The number of rotatable bonds is 6.